The summed E-state index contributed by atoms with van der Waals surface area (Å²) in [6.07, 6.45) is 3.43. The van der Waals surface area contributed by atoms with E-state index < -0.39 is 6.10 Å². The topological polar surface area (TPSA) is 75.4 Å². The summed E-state index contributed by atoms with van der Waals surface area (Å²) in [7, 11) is 0. The number of nitrogens with zero attached hydrogens (tertiary/aromatic N) is 1. The monoisotopic (exact) mass is 272 g/mol. The molecule has 1 aromatic carbocycles. The van der Waals surface area contributed by atoms with Crippen LogP contribution in [0.15, 0.2) is 41.1 Å². The average molecular weight is 272 g/mol. The molecule has 1 aromatic heterocycles. The van der Waals surface area contributed by atoms with Gasteiger partial charge in [-0.25, -0.2) is 0 Å². The van der Waals surface area contributed by atoms with Crippen molar-refractivity contribution in [1.82, 2.24) is 10.5 Å². The molecule has 1 aliphatic rings. The number of aromatic nitrogens is 1. The maximum absolute atomic E-state index is 12.3. The SMILES string of the molecule is O=C(NC1CCCC1O)c1cnoc1-c1ccccc1. The Hall–Kier alpha value is -2.14. The third-order valence-corrected chi connectivity index (χ3v) is 3.65. The molecule has 2 aromatic rings. The van der Waals surface area contributed by atoms with E-state index in [2.05, 4.69) is 10.5 Å². The Bertz CT molecular complexity index is 594. The smallest absolute Gasteiger partial charge is 0.257 e. The summed E-state index contributed by atoms with van der Waals surface area (Å²) in [5, 5.41) is 16.3. The molecular weight excluding hydrogens is 256 g/mol. The van der Waals surface area contributed by atoms with E-state index in [0.717, 1.165) is 24.8 Å². The molecule has 1 heterocycles. The second kappa shape index (κ2) is 5.46. The molecule has 1 fully saturated rings. The van der Waals surface area contributed by atoms with Crippen molar-refractivity contribution in [3.05, 3.63) is 42.1 Å². The van der Waals surface area contributed by atoms with Gasteiger partial charge >= 0.3 is 0 Å². The molecule has 2 atom stereocenters. The highest BCUT2D eigenvalue weighted by Crippen LogP contribution is 2.24. The Morgan fingerprint density at radius 1 is 1.30 bits per heavy atom. The summed E-state index contributed by atoms with van der Waals surface area (Å²) in [5.74, 6) is 0.201. The van der Waals surface area contributed by atoms with Crippen LogP contribution >= 0.6 is 0 Å². The van der Waals surface area contributed by atoms with E-state index in [9.17, 15) is 9.90 Å². The van der Waals surface area contributed by atoms with Crippen molar-refractivity contribution in [2.24, 2.45) is 0 Å². The lowest BCUT2D eigenvalue weighted by molar-refractivity contribution is 0.0873. The molecule has 2 N–H and O–H groups in total. The van der Waals surface area contributed by atoms with Crippen molar-refractivity contribution >= 4 is 5.91 Å². The number of benzene rings is 1. The minimum atomic E-state index is -0.459. The van der Waals surface area contributed by atoms with Crippen LogP contribution in [0.25, 0.3) is 11.3 Å². The van der Waals surface area contributed by atoms with Crippen LogP contribution in [-0.2, 0) is 0 Å². The largest absolute Gasteiger partial charge is 0.391 e. The van der Waals surface area contributed by atoms with Crippen LogP contribution < -0.4 is 5.32 Å². The van der Waals surface area contributed by atoms with Crippen LogP contribution in [0.3, 0.4) is 0 Å². The van der Waals surface area contributed by atoms with E-state index >= 15 is 0 Å². The highest BCUT2D eigenvalue weighted by atomic mass is 16.5. The molecule has 3 rings (SSSR count). The quantitative estimate of drug-likeness (QED) is 0.896. The van der Waals surface area contributed by atoms with Crippen molar-refractivity contribution in [2.45, 2.75) is 31.4 Å². The molecule has 0 aliphatic heterocycles. The van der Waals surface area contributed by atoms with E-state index in [1.807, 2.05) is 30.3 Å². The average Bonchev–Trinajstić information content (AvgIpc) is 3.09. The van der Waals surface area contributed by atoms with Gasteiger partial charge in [-0.15, -0.1) is 0 Å². The predicted molar refractivity (Wildman–Crippen MR) is 73.1 cm³/mol. The molecule has 1 saturated carbocycles. The van der Waals surface area contributed by atoms with Gasteiger partial charge < -0.3 is 14.9 Å². The van der Waals surface area contributed by atoms with Gasteiger partial charge in [0.1, 0.15) is 5.56 Å². The van der Waals surface area contributed by atoms with Crippen molar-refractivity contribution in [2.75, 3.05) is 0 Å². The van der Waals surface area contributed by atoms with Crippen LogP contribution in [0.2, 0.25) is 0 Å². The van der Waals surface area contributed by atoms with E-state index in [0.29, 0.717) is 11.3 Å². The zero-order chi connectivity index (χ0) is 13.9. The van der Waals surface area contributed by atoms with E-state index in [4.69, 9.17) is 4.52 Å². The first-order valence-corrected chi connectivity index (χ1v) is 6.75. The molecule has 0 radical (unpaired) electrons. The van der Waals surface area contributed by atoms with Gasteiger partial charge in [0.05, 0.1) is 18.3 Å². The number of carbonyl (C=O) groups is 1. The Morgan fingerprint density at radius 3 is 2.80 bits per heavy atom. The second-order valence-electron chi connectivity index (χ2n) is 5.01. The molecule has 1 amide bonds. The van der Waals surface area contributed by atoms with Gasteiger partial charge in [0, 0.05) is 5.56 Å². The predicted octanol–water partition coefficient (Wildman–Crippen LogP) is 1.98. The fraction of sp³-hybridized carbons (Fsp3) is 0.333. The molecule has 5 heteroatoms. The van der Waals surface area contributed by atoms with Crippen LogP contribution in [0.5, 0.6) is 0 Å². The summed E-state index contributed by atoms with van der Waals surface area (Å²) in [6.45, 7) is 0. The maximum Gasteiger partial charge on any atom is 0.257 e. The minimum absolute atomic E-state index is 0.180. The molecule has 0 bridgehead atoms. The zero-order valence-electron chi connectivity index (χ0n) is 11.0. The lowest BCUT2D eigenvalue weighted by Crippen LogP contribution is -2.39. The first-order valence-electron chi connectivity index (χ1n) is 6.75. The number of aliphatic hydroxyl groups excluding tert-OH is 1. The second-order valence-corrected chi connectivity index (χ2v) is 5.01. The van der Waals surface area contributed by atoms with Crippen molar-refractivity contribution in [1.29, 1.82) is 0 Å². The van der Waals surface area contributed by atoms with Crippen molar-refractivity contribution in [3.8, 4) is 11.3 Å². The molecule has 0 spiro atoms. The normalized spacial score (nSPS) is 21.9. The maximum atomic E-state index is 12.3. The van der Waals surface area contributed by atoms with Crippen LogP contribution in [0.4, 0.5) is 0 Å². The highest BCUT2D eigenvalue weighted by molar-refractivity contribution is 5.99. The molecular formula is C15H16N2O3. The summed E-state index contributed by atoms with van der Waals surface area (Å²) in [6, 6.07) is 9.19. The first kappa shape index (κ1) is 12.9. The number of aliphatic hydroxyl groups is 1. The van der Waals surface area contributed by atoms with Gasteiger partial charge in [-0.3, -0.25) is 4.79 Å². The van der Waals surface area contributed by atoms with Crippen LogP contribution in [0, 0.1) is 0 Å². The van der Waals surface area contributed by atoms with E-state index in [-0.39, 0.29) is 11.9 Å². The summed E-state index contributed by atoms with van der Waals surface area (Å²) >= 11 is 0. The highest BCUT2D eigenvalue weighted by Gasteiger charge is 2.28. The molecule has 20 heavy (non-hydrogen) atoms. The Morgan fingerprint density at radius 2 is 2.10 bits per heavy atom. The summed E-state index contributed by atoms with van der Waals surface area (Å²) < 4.78 is 5.19. The third kappa shape index (κ3) is 2.44. The standard InChI is InChI=1S/C15H16N2O3/c18-13-8-4-7-12(13)17-15(19)11-9-16-20-14(11)10-5-2-1-3-6-10/h1-3,5-6,9,12-13,18H,4,7-8H2,(H,17,19). The zero-order valence-corrected chi connectivity index (χ0v) is 11.0. The fourth-order valence-corrected chi connectivity index (χ4v) is 2.55. The van der Waals surface area contributed by atoms with E-state index in [1.165, 1.54) is 6.20 Å². The van der Waals surface area contributed by atoms with Gasteiger partial charge in [0.15, 0.2) is 5.76 Å². The Labute approximate surface area is 116 Å². The molecule has 104 valence electrons. The number of rotatable bonds is 3. The first-order chi connectivity index (χ1) is 9.75. The minimum Gasteiger partial charge on any atom is -0.391 e. The van der Waals surface area contributed by atoms with Gasteiger partial charge in [0.2, 0.25) is 0 Å². The van der Waals surface area contributed by atoms with Gasteiger partial charge in [-0.05, 0) is 19.3 Å². The van der Waals surface area contributed by atoms with Gasteiger partial charge in [0.25, 0.3) is 5.91 Å². The van der Waals surface area contributed by atoms with Crippen LogP contribution in [-0.4, -0.2) is 28.3 Å². The number of hydrogen-bond acceptors (Lipinski definition) is 4. The number of nitrogens with one attached hydrogen (secondary N) is 1. The van der Waals surface area contributed by atoms with E-state index in [1.54, 1.807) is 0 Å². The van der Waals surface area contributed by atoms with Gasteiger partial charge in [-0.1, -0.05) is 35.5 Å². The van der Waals surface area contributed by atoms with Crippen molar-refractivity contribution < 1.29 is 14.4 Å². The van der Waals surface area contributed by atoms with Crippen molar-refractivity contribution in [3.63, 3.8) is 0 Å². The number of amides is 1. The lowest BCUT2D eigenvalue weighted by Gasteiger charge is -2.15. The Kier molecular flexibility index (Phi) is 3.52. The third-order valence-electron chi connectivity index (χ3n) is 3.65. The fourth-order valence-electron chi connectivity index (χ4n) is 2.55. The summed E-state index contributed by atoms with van der Waals surface area (Å²) in [5.41, 5.74) is 1.21. The number of hydrogen-bond donors (Lipinski definition) is 2. The number of carbonyl (C=O) groups excluding carboxylic acids is 1. The molecule has 1 aliphatic carbocycles. The summed E-state index contributed by atoms with van der Waals surface area (Å²) in [4.78, 5) is 12.3. The molecule has 0 saturated heterocycles. The molecule has 2 unspecified atom stereocenters. The Balaban J connectivity index is 1.81. The van der Waals surface area contributed by atoms with Gasteiger partial charge in [-0.2, -0.15) is 0 Å². The lowest BCUT2D eigenvalue weighted by atomic mass is 10.1. The van der Waals surface area contributed by atoms with Crippen LogP contribution in [0.1, 0.15) is 29.6 Å². The molecule has 5 nitrogen and oxygen atoms in total.